The van der Waals surface area contributed by atoms with E-state index in [1.54, 1.807) is 20.8 Å². The van der Waals surface area contributed by atoms with Gasteiger partial charge in [-0.05, 0) is 29.8 Å². The van der Waals surface area contributed by atoms with Crippen molar-refractivity contribution >= 4 is 5.78 Å². The fourth-order valence-corrected chi connectivity index (χ4v) is 4.46. The van der Waals surface area contributed by atoms with Crippen molar-refractivity contribution in [1.82, 2.24) is 15.0 Å². The Morgan fingerprint density at radius 3 is 2.27 bits per heavy atom. The lowest BCUT2D eigenvalue weighted by Crippen LogP contribution is -2.61. The highest BCUT2D eigenvalue weighted by molar-refractivity contribution is 5.88. The molecular weight excluding hydrogens is 538 g/mol. The highest BCUT2D eigenvalue weighted by atomic mass is 19.2. The molecule has 0 amide bonds. The Balaban J connectivity index is 1.67. The van der Waals surface area contributed by atoms with Crippen LogP contribution in [-0.4, -0.2) is 73.2 Å². The van der Waals surface area contributed by atoms with Crippen molar-refractivity contribution in [3.63, 3.8) is 0 Å². The minimum atomic E-state index is -1.66. The molecule has 0 saturated carbocycles. The number of Topliss-reactive ketones (excluding diaryl/α,β-unsaturated/α-hetero) is 1. The number of aromatic nitrogens is 3. The zero-order chi connectivity index (χ0) is 29.4. The Morgan fingerprint density at radius 2 is 1.70 bits per heavy atom. The number of halogens is 4. The first kappa shape index (κ1) is 29.7. The summed E-state index contributed by atoms with van der Waals surface area (Å²) in [6.45, 7) is 4.06. The van der Waals surface area contributed by atoms with E-state index in [9.17, 15) is 37.7 Å². The predicted molar refractivity (Wildman–Crippen MR) is 132 cm³/mol. The van der Waals surface area contributed by atoms with Gasteiger partial charge in [-0.15, -0.1) is 5.10 Å². The lowest BCUT2D eigenvalue weighted by molar-refractivity contribution is -0.236. The summed E-state index contributed by atoms with van der Waals surface area (Å²) >= 11 is 0. The molecule has 1 saturated heterocycles. The third-order valence-corrected chi connectivity index (χ3v) is 6.66. The van der Waals surface area contributed by atoms with Crippen LogP contribution in [-0.2, 0) is 20.9 Å². The Labute approximate surface area is 227 Å². The molecule has 3 aromatic rings. The average molecular weight is 568 g/mol. The zero-order valence-electron chi connectivity index (χ0n) is 21.8. The molecule has 0 radical (unpaired) electrons. The van der Waals surface area contributed by atoms with Gasteiger partial charge in [0, 0.05) is 11.0 Å². The summed E-state index contributed by atoms with van der Waals surface area (Å²) in [4.78, 5) is 13.4. The first-order chi connectivity index (χ1) is 18.8. The van der Waals surface area contributed by atoms with Crippen LogP contribution in [0.25, 0.3) is 11.3 Å². The zero-order valence-corrected chi connectivity index (χ0v) is 21.8. The number of aliphatic hydroxyl groups is 3. The van der Waals surface area contributed by atoms with Crippen LogP contribution in [0.3, 0.4) is 0 Å². The second kappa shape index (κ2) is 11.7. The number of rotatable bonds is 8. The summed E-state index contributed by atoms with van der Waals surface area (Å²) in [6.07, 6.45) is -6.15. The number of carbonyl (C=O) groups is 1. The van der Waals surface area contributed by atoms with Gasteiger partial charge in [-0.3, -0.25) is 4.79 Å². The molecule has 0 aliphatic carbocycles. The van der Waals surface area contributed by atoms with Gasteiger partial charge < -0.3 is 24.8 Å². The molecule has 0 spiro atoms. The van der Waals surface area contributed by atoms with Gasteiger partial charge in [-0.25, -0.2) is 22.2 Å². The van der Waals surface area contributed by atoms with Gasteiger partial charge in [0.1, 0.15) is 48.1 Å². The number of carbonyl (C=O) groups excluding carboxylic acids is 1. The maximum Gasteiger partial charge on any atom is 0.194 e. The lowest BCUT2D eigenvalue weighted by atomic mass is 9.81. The fourth-order valence-electron chi connectivity index (χ4n) is 4.46. The molecule has 1 aliphatic heterocycles. The first-order valence-corrected chi connectivity index (χ1v) is 12.4. The van der Waals surface area contributed by atoms with Gasteiger partial charge >= 0.3 is 0 Å². The van der Waals surface area contributed by atoms with Gasteiger partial charge in [0.2, 0.25) is 0 Å². The van der Waals surface area contributed by atoms with Crippen molar-refractivity contribution in [1.29, 1.82) is 0 Å². The topological polar surface area (TPSA) is 127 Å². The smallest absolute Gasteiger partial charge is 0.194 e. The summed E-state index contributed by atoms with van der Waals surface area (Å²) in [5, 5.41) is 39.9. The second-order valence-electron chi connectivity index (χ2n) is 10.6. The van der Waals surface area contributed by atoms with Crippen LogP contribution >= 0.6 is 0 Å². The summed E-state index contributed by atoms with van der Waals surface area (Å²) in [5.74, 6) is -5.47. The van der Waals surface area contributed by atoms with Crippen molar-refractivity contribution in [2.24, 2.45) is 5.41 Å². The molecule has 1 fully saturated rings. The van der Waals surface area contributed by atoms with Crippen LogP contribution in [0.1, 0.15) is 32.4 Å². The molecule has 216 valence electrons. The first-order valence-electron chi connectivity index (χ1n) is 12.4. The maximum absolute atomic E-state index is 13.8. The van der Waals surface area contributed by atoms with Crippen LogP contribution in [0.4, 0.5) is 17.6 Å². The highest BCUT2D eigenvalue weighted by Gasteiger charge is 2.51. The molecule has 2 heterocycles. The van der Waals surface area contributed by atoms with E-state index in [1.165, 1.54) is 30.5 Å². The average Bonchev–Trinajstić information content (AvgIpc) is 3.38. The van der Waals surface area contributed by atoms with Gasteiger partial charge in [-0.2, -0.15) is 0 Å². The summed E-state index contributed by atoms with van der Waals surface area (Å²) in [7, 11) is 0. The number of nitrogens with zero attached hydrogens (tertiary/aromatic N) is 3. The Morgan fingerprint density at radius 1 is 1.07 bits per heavy atom. The SMILES string of the molecule is CC(C)(C)C(=O)[C@@H](OCc1ccc(F)cc1)[C@@H]1OC(CO)[C@H](O)[C@H](n2cc(-c3cc(F)c(F)c(F)c3)nn2)C1O. The van der Waals surface area contributed by atoms with Crippen LogP contribution in [0.5, 0.6) is 0 Å². The number of hydrogen-bond acceptors (Lipinski definition) is 8. The molecule has 2 unspecified atom stereocenters. The molecule has 6 atom stereocenters. The van der Waals surface area contributed by atoms with Gasteiger partial charge in [0.05, 0.1) is 19.4 Å². The van der Waals surface area contributed by atoms with Crippen molar-refractivity contribution in [3.8, 4) is 11.3 Å². The fraction of sp³-hybridized carbons (Fsp3) is 0.444. The van der Waals surface area contributed by atoms with Crippen molar-refractivity contribution in [3.05, 3.63) is 71.4 Å². The summed E-state index contributed by atoms with van der Waals surface area (Å²) in [6, 6.07) is 5.45. The van der Waals surface area contributed by atoms with E-state index in [0.717, 1.165) is 4.68 Å². The second-order valence-corrected chi connectivity index (χ2v) is 10.6. The van der Waals surface area contributed by atoms with Crippen LogP contribution in [0.2, 0.25) is 0 Å². The Kier molecular flexibility index (Phi) is 8.71. The Hall–Kier alpha value is -3.23. The minimum absolute atomic E-state index is 0.101. The van der Waals surface area contributed by atoms with E-state index in [1.807, 2.05) is 0 Å². The van der Waals surface area contributed by atoms with Crippen molar-refractivity contribution in [2.45, 2.75) is 63.9 Å². The number of aliphatic hydroxyl groups excluding tert-OH is 3. The van der Waals surface area contributed by atoms with Crippen molar-refractivity contribution < 1.29 is 47.1 Å². The van der Waals surface area contributed by atoms with E-state index in [0.29, 0.717) is 17.7 Å². The van der Waals surface area contributed by atoms with Gasteiger partial charge in [0.15, 0.2) is 23.2 Å². The molecule has 9 nitrogen and oxygen atoms in total. The molecule has 13 heteroatoms. The summed E-state index contributed by atoms with van der Waals surface area (Å²) < 4.78 is 67.0. The van der Waals surface area contributed by atoms with E-state index >= 15 is 0 Å². The predicted octanol–water partition coefficient (Wildman–Crippen LogP) is 2.72. The van der Waals surface area contributed by atoms with E-state index in [2.05, 4.69) is 10.3 Å². The molecule has 4 rings (SSSR count). The standard InChI is InChI=1S/C27H29F4N3O6/c1-27(2,3)26(38)25(39-12-13-4-6-15(28)7-5-13)24-23(37)21(22(36)19(11-35)40-24)34-10-18(32-33-34)14-8-16(29)20(31)17(30)9-14/h4-10,19,21-25,35-37H,11-12H2,1-3H3/t19?,21-,22-,23?,24+,25-/m0/s1. The van der Waals surface area contributed by atoms with Crippen LogP contribution in [0.15, 0.2) is 42.6 Å². The van der Waals surface area contributed by atoms with Crippen molar-refractivity contribution in [2.75, 3.05) is 6.61 Å². The monoisotopic (exact) mass is 567 g/mol. The molecule has 3 N–H and O–H groups in total. The largest absolute Gasteiger partial charge is 0.394 e. The third kappa shape index (κ3) is 6.08. The number of hydrogen-bond donors (Lipinski definition) is 3. The van der Waals surface area contributed by atoms with Crippen LogP contribution in [0, 0.1) is 28.7 Å². The number of ether oxygens (including phenoxy) is 2. The molecular formula is C27H29F4N3O6. The normalized spacial score (nSPS) is 24.2. The van der Waals surface area contributed by atoms with E-state index in [-0.39, 0.29) is 17.9 Å². The lowest BCUT2D eigenvalue weighted by Gasteiger charge is -2.45. The third-order valence-electron chi connectivity index (χ3n) is 6.66. The molecule has 1 aromatic heterocycles. The number of benzene rings is 2. The van der Waals surface area contributed by atoms with E-state index < -0.39 is 77.6 Å². The van der Waals surface area contributed by atoms with E-state index in [4.69, 9.17) is 9.47 Å². The molecule has 0 bridgehead atoms. The highest BCUT2D eigenvalue weighted by Crippen LogP contribution is 2.35. The quantitative estimate of drug-likeness (QED) is 0.280. The number of ketones is 1. The van der Waals surface area contributed by atoms with Gasteiger partial charge in [-0.1, -0.05) is 38.1 Å². The molecule has 40 heavy (non-hydrogen) atoms. The minimum Gasteiger partial charge on any atom is -0.394 e. The molecule has 2 aromatic carbocycles. The van der Waals surface area contributed by atoms with Gasteiger partial charge in [0.25, 0.3) is 0 Å². The van der Waals surface area contributed by atoms with Crippen LogP contribution < -0.4 is 0 Å². The summed E-state index contributed by atoms with van der Waals surface area (Å²) in [5.41, 5.74) is -0.685. The maximum atomic E-state index is 13.8. The molecule has 1 aliphatic rings. The Bertz CT molecular complexity index is 1320.